The Morgan fingerprint density at radius 3 is 2.76 bits per heavy atom. The average Bonchev–Trinajstić information content (AvgIpc) is 2.33. The zero-order chi connectivity index (χ0) is 12.3. The Morgan fingerprint density at radius 2 is 2.12 bits per heavy atom. The minimum absolute atomic E-state index is 0.550. The number of hydrogen-bond donors (Lipinski definition) is 1. The molecule has 1 aromatic rings. The largest absolute Gasteiger partial charge is 0.311 e. The summed E-state index contributed by atoms with van der Waals surface area (Å²) >= 11 is 0. The topological polar surface area (TPSA) is 41.1 Å². The summed E-state index contributed by atoms with van der Waals surface area (Å²) < 4.78 is 0. The molecule has 2 atom stereocenters. The third kappa shape index (κ3) is 3.23. The lowest BCUT2D eigenvalue weighted by Crippen LogP contribution is -2.56. The summed E-state index contributed by atoms with van der Waals surface area (Å²) in [6.45, 7) is 9.78. The van der Waals surface area contributed by atoms with E-state index in [1.165, 1.54) is 0 Å². The molecule has 94 valence electrons. The third-order valence-electron chi connectivity index (χ3n) is 3.50. The van der Waals surface area contributed by atoms with Gasteiger partial charge in [0.2, 0.25) is 0 Å². The minimum atomic E-state index is 0.550. The van der Waals surface area contributed by atoms with Crippen LogP contribution in [0.2, 0.25) is 0 Å². The van der Waals surface area contributed by atoms with E-state index in [4.69, 9.17) is 0 Å². The van der Waals surface area contributed by atoms with Gasteiger partial charge in [-0.05, 0) is 18.9 Å². The first-order chi connectivity index (χ1) is 8.16. The molecule has 1 saturated heterocycles. The molecule has 2 heterocycles. The second-order valence-electron chi connectivity index (χ2n) is 5.20. The SMILES string of the molecule is CC(C)C1CN(Cc2ncccn2)C(C)CN1. The lowest BCUT2D eigenvalue weighted by atomic mass is 10.00. The van der Waals surface area contributed by atoms with Crippen molar-refractivity contribution in [2.45, 2.75) is 39.4 Å². The van der Waals surface area contributed by atoms with Crippen molar-refractivity contribution in [2.75, 3.05) is 13.1 Å². The molecule has 0 spiro atoms. The van der Waals surface area contributed by atoms with Crippen LogP contribution in [0.15, 0.2) is 18.5 Å². The molecule has 17 heavy (non-hydrogen) atoms. The Hall–Kier alpha value is -1.00. The molecule has 4 nitrogen and oxygen atoms in total. The van der Waals surface area contributed by atoms with Crippen LogP contribution < -0.4 is 5.32 Å². The Balaban J connectivity index is 1.99. The highest BCUT2D eigenvalue weighted by molar-refractivity contribution is 4.92. The average molecular weight is 234 g/mol. The van der Waals surface area contributed by atoms with Crippen LogP contribution in [0.5, 0.6) is 0 Å². The number of hydrogen-bond acceptors (Lipinski definition) is 4. The van der Waals surface area contributed by atoms with Crippen LogP contribution in [-0.4, -0.2) is 40.0 Å². The van der Waals surface area contributed by atoms with Gasteiger partial charge in [-0.25, -0.2) is 9.97 Å². The van der Waals surface area contributed by atoms with Gasteiger partial charge in [0.15, 0.2) is 0 Å². The maximum absolute atomic E-state index is 4.30. The Labute approximate surface area is 103 Å². The summed E-state index contributed by atoms with van der Waals surface area (Å²) in [4.78, 5) is 11.1. The van der Waals surface area contributed by atoms with E-state index in [2.05, 4.69) is 41.0 Å². The van der Waals surface area contributed by atoms with Gasteiger partial charge in [0, 0.05) is 37.6 Å². The molecule has 1 aliphatic rings. The summed E-state index contributed by atoms with van der Waals surface area (Å²) in [7, 11) is 0. The van der Waals surface area contributed by atoms with E-state index in [1.807, 2.05) is 18.5 Å². The number of rotatable bonds is 3. The highest BCUT2D eigenvalue weighted by Crippen LogP contribution is 2.14. The van der Waals surface area contributed by atoms with Gasteiger partial charge in [-0.15, -0.1) is 0 Å². The maximum atomic E-state index is 4.30. The van der Waals surface area contributed by atoms with E-state index in [1.54, 1.807) is 0 Å². The zero-order valence-corrected chi connectivity index (χ0v) is 10.9. The fourth-order valence-corrected chi connectivity index (χ4v) is 2.21. The lowest BCUT2D eigenvalue weighted by Gasteiger charge is -2.40. The summed E-state index contributed by atoms with van der Waals surface area (Å²) in [5, 5.41) is 3.60. The van der Waals surface area contributed by atoms with E-state index in [-0.39, 0.29) is 0 Å². The van der Waals surface area contributed by atoms with Crippen LogP contribution in [-0.2, 0) is 6.54 Å². The van der Waals surface area contributed by atoms with Crippen LogP contribution in [0.25, 0.3) is 0 Å². The molecule has 0 radical (unpaired) electrons. The van der Waals surface area contributed by atoms with E-state index >= 15 is 0 Å². The van der Waals surface area contributed by atoms with Crippen LogP contribution >= 0.6 is 0 Å². The molecular weight excluding hydrogens is 212 g/mol. The normalized spacial score (nSPS) is 26.4. The second kappa shape index (κ2) is 5.56. The molecule has 1 N–H and O–H groups in total. The molecule has 2 rings (SSSR count). The van der Waals surface area contributed by atoms with Gasteiger partial charge in [-0.1, -0.05) is 13.8 Å². The molecule has 0 saturated carbocycles. The summed E-state index contributed by atoms with van der Waals surface area (Å²) in [6, 6.07) is 2.99. The molecule has 0 aliphatic carbocycles. The number of piperazine rings is 1. The van der Waals surface area contributed by atoms with Crippen molar-refractivity contribution in [3.63, 3.8) is 0 Å². The first-order valence-electron chi connectivity index (χ1n) is 6.40. The predicted octanol–water partition coefficient (Wildman–Crippen LogP) is 1.29. The van der Waals surface area contributed by atoms with Crippen LogP contribution in [0.4, 0.5) is 0 Å². The summed E-state index contributed by atoms with van der Waals surface area (Å²) in [5.74, 6) is 1.59. The van der Waals surface area contributed by atoms with Crippen molar-refractivity contribution in [3.05, 3.63) is 24.3 Å². The van der Waals surface area contributed by atoms with E-state index in [0.29, 0.717) is 18.0 Å². The Morgan fingerprint density at radius 1 is 1.41 bits per heavy atom. The first-order valence-corrected chi connectivity index (χ1v) is 6.40. The molecule has 4 heteroatoms. The molecule has 1 fully saturated rings. The van der Waals surface area contributed by atoms with E-state index in [9.17, 15) is 0 Å². The van der Waals surface area contributed by atoms with Gasteiger partial charge in [0.1, 0.15) is 5.82 Å². The van der Waals surface area contributed by atoms with Gasteiger partial charge in [0.25, 0.3) is 0 Å². The van der Waals surface area contributed by atoms with Crippen LogP contribution in [0.3, 0.4) is 0 Å². The van der Waals surface area contributed by atoms with Gasteiger partial charge in [0.05, 0.1) is 6.54 Å². The summed E-state index contributed by atoms with van der Waals surface area (Å²) in [5.41, 5.74) is 0. The molecule has 0 bridgehead atoms. The Bertz CT molecular complexity index is 339. The first kappa shape index (κ1) is 12.5. The fraction of sp³-hybridized carbons (Fsp3) is 0.692. The van der Waals surface area contributed by atoms with Crippen molar-refractivity contribution in [1.82, 2.24) is 20.2 Å². The van der Waals surface area contributed by atoms with Gasteiger partial charge >= 0.3 is 0 Å². The van der Waals surface area contributed by atoms with E-state index in [0.717, 1.165) is 25.5 Å². The number of aromatic nitrogens is 2. The fourth-order valence-electron chi connectivity index (χ4n) is 2.21. The molecule has 1 aliphatic heterocycles. The van der Waals surface area contributed by atoms with Crippen molar-refractivity contribution >= 4 is 0 Å². The minimum Gasteiger partial charge on any atom is -0.311 e. The third-order valence-corrected chi connectivity index (χ3v) is 3.50. The predicted molar refractivity (Wildman–Crippen MR) is 68.5 cm³/mol. The lowest BCUT2D eigenvalue weighted by molar-refractivity contribution is 0.113. The molecular formula is C13H22N4. The summed E-state index contributed by atoms with van der Waals surface area (Å²) in [6.07, 6.45) is 3.63. The number of nitrogens with zero attached hydrogens (tertiary/aromatic N) is 3. The molecule has 0 amide bonds. The standard InChI is InChI=1S/C13H22N4/c1-10(2)12-8-17(11(3)7-16-12)9-13-14-5-4-6-15-13/h4-6,10-12,16H,7-9H2,1-3H3. The number of nitrogens with one attached hydrogen (secondary N) is 1. The highest BCUT2D eigenvalue weighted by atomic mass is 15.2. The van der Waals surface area contributed by atoms with Crippen molar-refractivity contribution in [3.8, 4) is 0 Å². The quantitative estimate of drug-likeness (QED) is 0.856. The van der Waals surface area contributed by atoms with Crippen LogP contribution in [0, 0.1) is 5.92 Å². The van der Waals surface area contributed by atoms with Crippen LogP contribution in [0.1, 0.15) is 26.6 Å². The molecule has 1 aromatic heterocycles. The maximum Gasteiger partial charge on any atom is 0.142 e. The van der Waals surface area contributed by atoms with E-state index < -0.39 is 0 Å². The molecule has 2 unspecified atom stereocenters. The monoisotopic (exact) mass is 234 g/mol. The highest BCUT2D eigenvalue weighted by Gasteiger charge is 2.26. The smallest absolute Gasteiger partial charge is 0.142 e. The second-order valence-corrected chi connectivity index (χ2v) is 5.20. The van der Waals surface area contributed by atoms with Gasteiger partial charge < -0.3 is 5.32 Å². The zero-order valence-electron chi connectivity index (χ0n) is 10.9. The van der Waals surface area contributed by atoms with Crippen molar-refractivity contribution in [1.29, 1.82) is 0 Å². The van der Waals surface area contributed by atoms with Crippen molar-refractivity contribution in [2.24, 2.45) is 5.92 Å². The van der Waals surface area contributed by atoms with Gasteiger partial charge in [-0.2, -0.15) is 0 Å². The van der Waals surface area contributed by atoms with Crippen molar-refractivity contribution < 1.29 is 0 Å². The van der Waals surface area contributed by atoms with Gasteiger partial charge in [-0.3, -0.25) is 4.90 Å². The Kier molecular flexibility index (Phi) is 4.07. The molecule has 0 aromatic carbocycles.